The highest BCUT2D eigenvalue weighted by atomic mass is 19.1. The number of phenolic OH excluding ortho intramolecular Hbond substituents is 1. The van der Waals surface area contributed by atoms with E-state index in [2.05, 4.69) is 18.4 Å². The molecule has 0 atom stereocenters. The molecule has 5 rings (SSSR count). The molecule has 1 fully saturated rings. The second-order valence-electron chi connectivity index (χ2n) is 9.30. The van der Waals surface area contributed by atoms with Crippen molar-refractivity contribution >= 4 is 16.9 Å². The smallest absolute Gasteiger partial charge is 0.306 e. The number of hydrogen-bond donors (Lipinski definition) is 2. The molecule has 0 radical (unpaired) electrons. The molecule has 0 unspecified atom stereocenters. The van der Waals surface area contributed by atoms with Gasteiger partial charge in [-0.3, -0.25) is 4.79 Å². The van der Waals surface area contributed by atoms with Crippen molar-refractivity contribution in [3.05, 3.63) is 59.0 Å². The topological polar surface area (TPSA) is 71.7 Å². The molecule has 1 aliphatic carbocycles. The molecule has 30 heavy (non-hydrogen) atoms. The number of carboxylic acids is 1. The molecule has 3 aromatic rings. The molecular formula is C24H24FNO4. The van der Waals surface area contributed by atoms with Crippen LogP contribution in [-0.2, 0) is 20.5 Å². The zero-order valence-electron chi connectivity index (χ0n) is 17.2. The van der Waals surface area contributed by atoms with E-state index in [0.717, 1.165) is 27.8 Å². The standard InChI is InChI=1S/C24H24FNO4/c1-13-8-15(4-6-18(13)25)26-19-7-5-16(27)9-17(19)20-21(26)23(2,3)12-30-24(20)10-14(11-24)22(28)29/h4-9,14,27H,10-12H2,1-3H3,(H,28,29)/t14-,24-. The SMILES string of the molecule is Cc1cc(-n2c3c(c4cc(O)ccc42)[C@]2(C[C@@H](C(=O)O)C2)OCC3(C)C)ccc1F. The zero-order chi connectivity index (χ0) is 21.4. The van der Waals surface area contributed by atoms with E-state index in [4.69, 9.17) is 4.74 Å². The van der Waals surface area contributed by atoms with Gasteiger partial charge < -0.3 is 19.5 Å². The maximum absolute atomic E-state index is 14.0. The fourth-order valence-corrected chi connectivity index (χ4v) is 5.11. The quantitative estimate of drug-likeness (QED) is 0.639. The molecule has 0 bridgehead atoms. The first-order valence-corrected chi connectivity index (χ1v) is 10.1. The van der Waals surface area contributed by atoms with Crippen LogP contribution in [0.1, 0.15) is 43.5 Å². The Morgan fingerprint density at radius 3 is 2.60 bits per heavy atom. The first-order chi connectivity index (χ1) is 14.1. The van der Waals surface area contributed by atoms with Crippen LogP contribution in [0.5, 0.6) is 5.75 Å². The van der Waals surface area contributed by atoms with Gasteiger partial charge in [-0.15, -0.1) is 0 Å². The van der Waals surface area contributed by atoms with Gasteiger partial charge in [-0.05, 0) is 61.7 Å². The molecule has 2 aliphatic rings. The van der Waals surface area contributed by atoms with Crippen LogP contribution < -0.4 is 0 Å². The van der Waals surface area contributed by atoms with Gasteiger partial charge in [0.2, 0.25) is 0 Å². The second-order valence-corrected chi connectivity index (χ2v) is 9.30. The molecular weight excluding hydrogens is 385 g/mol. The highest BCUT2D eigenvalue weighted by molar-refractivity contribution is 5.91. The maximum atomic E-state index is 14.0. The van der Waals surface area contributed by atoms with E-state index in [0.29, 0.717) is 25.0 Å². The number of carbonyl (C=O) groups is 1. The summed E-state index contributed by atoms with van der Waals surface area (Å²) < 4.78 is 22.5. The summed E-state index contributed by atoms with van der Waals surface area (Å²) in [4.78, 5) is 11.5. The van der Waals surface area contributed by atoms with Crippen LogP contribution in [0.25, 0.3) is 16.6 Å². The number of aromatic nitrogens is 1. The summed E-state index contributed by atoms with van der Waals surface area (Å²) in [6.45, 7) is 6.38. The minimum atomic E-state index is -0.809. The molecule has 1 aromatic heterocycles. The second kappa shape index (κ2) is 6.08. The van der Waals surface area contributed by atoms with Crippen molar-refractivity contribution in [2.75, 3.05) is 6.61 Å². The van der Waals surface area contributed by atoms with E-state index in [1.54, 1.807) is 25.1 Å². The number of ether oxygens (including phenoxy) is 1. The third-order valence-corrected chi connectivity index (χ3v) is 6.66. The minimum Gasteiger partial charge on any atom is -0.508 e. The van der Waals surface area contributed by atoms with Crippen molar-refractivity contribution < 1.29 is 24.1 Å². The highest BCUT2D eigenvalue weighted by Gasteiger charge is 2.56. The Morgan fingerprint density at radius 2 is 1.93 bits per heavy atom. The Hall–Kier alpha value is -2.86. The van der Waals surface area contributed by atoms with Crippen molar-refractivity contribution in [3.63, 3.8) is 0 Å². The third-order valence-electron chi connectivity index (χ3n) is 6.66. The monoisotopic (exact) mass is 409 g/mol. The van der Waals surface area contributed by atoms with E-state index in [9.17, 15) is 19.4 Å². The molecule has 1 aliphatic heterocycles. The van der Waals surface area contributed by atoms with E-state index < -0.39 is 17.5 Å². The number of rotatable bonds is 2. The van der Waals surface area contributed by atoms with Crippen molar-refractivity contribution in [1.82, 2.24) is 4.57 Å². The van der Waals surface area contributed by atoms with Gasteiger partial charge in [0.15, 0.2) is 0 Å². The Kier molecular flexibility index (Phi) is 3.87. The number of phenols is 1. The lowest BCUT2D eigenvalue weighted by Crippen LogP contribution is -2.52. The third kappa shape index (κ3) is 2.53. The number of nitrogens with zero attached hydrogens (tertiary/aromatic N) is 1. The van der Waals surface area contributed by atoms with Crippen LogP contribution in [0.3, 0.4) is 0 Å². The number of aryl methyl sites for hydroxylation is 1. The largest absolute Gasteiger partial charge is 0.508 e. The van der Waals surface area contributed by atoms with Gasteiger partial charge in [0.25, 0.3) is 0 Å². The van der Waals surface area contributed by atoms with Crippen LogP contribution in [0.4, 0.5) is 4.39 Å². The van der Waals surface area contributed by atoms with Gasteiger partial charge in [-0.1, -0.05) is 13.8 Å². The van der Waals surface area contributed by atoms with Gasteiger partial charge in [0, 0.05) is 27.7 Å². The predicted molar refractivity (Wildman–Crippen MR) is 111 cm³/mol. The van der Waals surface area contributed by atoms with Gasteiger partial charge in [-0.2, -0.15) is 0 Å². The molecule has 2 heterocycles. The molecule has 156 valence electrons. The summed E-state index contributed by atoms with van der Waals surface area (Å²) in [7, 11) is 0. The van der Waals surface area contributed by atoms with Gasteiger partial charge in [-0.25, -0.2) is 4.39 Å². The number of aromatic hydroxyl groups is 1. The number of carboxylic acid groups (broad SMARTS) is 1. The molecule has 0 amide bonds. The summed E-state index contributed by atoms with van der Waals surface area (Å²) in [5.41, 5.74) is 3.22. The molecule has 5 nitrogen and oxygen atoms in total. The molecule has 6 heteroatoms. The summed E-state index contributed by atoms with van der Waals surface area (Å²) in [5.74, 6) is -1.37. The van der Waals surface area contributed by atoms with Crippen LogP contribution in [-0.4, -0.2) is 27.4 Å². The van der Waals surface area contributed by atoms with Gasteiger partial charge in [0.05, 0.1) is 23.6 Å². The fraction of sp³-hybridized carbons (Fsp3) is 0.375. The summed E-state index contributed by atoms with van der Waals surface area (Å²) >= 11 is 0. The van der Waals surface area contributed by atoms with E-state index >= 15 is 0 Å². The van der Waals surface area contributed by atoms with Crippen molar-refractivity contribution in [3.8, 4) is 11.4 Å². The average molecular weight is 409 g/mol. The average Bonchev–Trinajstić information content (AvgIpc) is 2.99. The number of fused-ring (bicyclic) bond motifs is 4. The summed E-state index contributed by atoms with van der Waals surface area (Å²) in [5, 5.41) is 20.5. The van der Waals surface area contributed by atoms with Crippen LogP contribution in [0.2, 0.25) is 0 Å². The first-order valence-electron chi connectivity index (χ1n) is 10.1. The number of halogens is 1. The molecule has 1 saturated carbocycles. The van der Waals surface area contributed by atoms with Crippen LogP contribution in [0.15, 0.2) is 36.4 Å². The zero-order valence-corrected chi connectivity index (χ0v) is 17.2. The number of benzene rings is 2. The van der Waals surface area contributed by atoms with Crippen LogP contribution >= 0.6 is 0 Å². The van der Waals surface area contributed by atoms with Crippen molar-refractivity contribution in [2.45, 2.75) is 44.6 Å². The number of aliphatic carboxylic acids is 1. The highest BCUT2D eigenvalue weighted by Crippen LogP contribution is 2.58. The van der Waals surface area contributed by atoms with E-state index in [1.165, 1.54) is 6.07 Å². The normalized spacial score (nSPS) is 24.6. The van der Waals surface area contributed by atoms with E-state index in [-0.39, 0.29) is 17.0 Å². The van der Waals surface area contributed by atoms with E-state index in [1.807, 2.05) is 12.1 Å². The van der Waals surface area contributed by atoms with Gasteiger partial charge in [0.1, 0.15) is 11.6 Å². The Morgan fingerprint density at radius 1 is 1.20 bits per heavy atom. The lowest BCUT2D eigenvalue weighted by Gasteiger charge is -2.51. The van der Waals surface area contributed by atoms with Crippen molar-refractivity contribution in [2.24, 2.45) is 5.92 Å². The van der Waals surface area contributed by atoms with Gasteiger partial charge >= 0.3 is 5.97 Å². The molecule has 0 saturated heterocycles. The predicted octanol–water partition coefficient (Wildman–Crippen LogP) is 4.78. The Bertz CT molecular complexity index is 1200. The lowest BCUT2D eigenvalue weighted by atomic mass is 9.63. The minimum absolute atomic E-state index is 0.144. The maximum Gasteiger partial charge on any atom is 0.306 e. The van der Waals surface area contributed by atoms with Crippen molar-refractivity contribution in [1.29, 1.82) is 0 Å². The Labute approximate surface area is 173 Å². The molecule has 2 N–H and O–H groups in total. The molecule has 1 spiro atoms. The fourth-order valence-electron chi connectivity index (χ4n) is 5.11. The lowest BCUT2D eigenvalue weighted by molar-refractivity contribution is -0.180. The summed E-state index contributed by atoms with van der Waals surface area (Å²) in [6.07, 6.45) is 0.811. The van der Waals surface area contributed by atoms with Crippen LogP contribution in [0, 0.1) is 18.7 Å². The number of hydrogen-bond acceptors (Lipinski definition) is 3. The Balaban J connectivity index is 1.85. The summed E-state index contributed by atoms with van der Waals surface area (Å²) in [6, 6.07) is 10.3. The molecule has 2 aromatic carbocycles. The first kappa shape index (κ1) is 19.1.